The van der Waals surface area contributed by atoms with Crippen molar-refractivity contribution in [3.63, 3.8) is 0 Å². The van der Waals surface area contributed by atoms with Gasteiger partial charge in [0.2, 0.25) is 0 Å². The first-order chi connectivity index (χ1) is 10.6. The fourth-order valence-electron chi connectivity index (χ4n) is 3.02. The lowest BCUT2D eigenvalue weighted by atomic mass is 9.88. The van der Waals surface area contributed by atoms with Crippen LogP contribution in [0.25, 0.3) is 0 Å². The van der Waals surface area contributed by atoms with Gasteiger partial charge >= 0.3 is 0 Å². The third-order valence-corrected chi connectivity index (χ3v) is 4.04. The summed E-state index contributed by atoms with van der Waals surface area (Å²) in [7, 11) is 0. The van der Waals surface area contributed by atoms with Gasteiger partial charge in [0.25, 0.3) is 0 Å². The average molecular weight is 301 g/mol. The molecule has 0 spiro atoms. The Morgan fingerprint density at radius 3 is 2.64 bits per heavy atom. The van der Waals surface area contributed by atoms with E-state index in [4.69, 9.17) is 0 Å². The van der Waals surface area contributed by atoms with Crippen molar-refractivity contribution >= 4 is 11.4 Å². The first-order valence-electron chi connectivity index (χ1n) is 6.98. The lowest BCUT2D eigenvalue weighted by Gasteiger charge is -2.33. The molecule has 0 fully saturated rings. The van der Waals surface area contributed by atoms with Gasteiger partial charge in [0.1, 0.15) is 11.6 Å². The predicted octanol–water partition coefficient (Wildman–Crippen LogP) is 2.82. The summed E-state index contributed by atoms with van der Waals surface area (Å²) in [5.41, 5.74) is 6.06. The van der Waals surface area contributed by atoms with Crippen LogP contribution >= 0.6 is 0 Å². The molecule has 0 saturated heterocycles. The van der Waals surface area contributed by atoms with Gasteiger partial charge in [0.05, 0.1) is 11.8 Å². The molecule has 4 nitrogen and oxygen atoms in total. The first-order valence-corrected chi connectivity index (χ1v) is 6.98. The number of halogens is 2. The van der Waals surface area contributed by atoms with Gasteiger partial charge in [-0.1, -0.05) is 12.1 Å². The van der Waals surface area contributed by atoms with E-state index < -0.39 is 12.0 Å². The van der Waals surface area contributed by atoms with E-state index in [9.17, 15) is 13.9 Å². The van der Waals surface area contributed by atoms with Crippen molar-refractivity contribution in [1.82, 2.24) is 5.43 Å². The van der Waals surface area contributed by atoms with Gasteiger partial charge in [0, 0.05) is 23.2 Å². The van der Waals surface area contributed by atoms with Crippen molar-refractivity contribution in [3.05, 3.63) is 64.7 Å². The van der Waals surface area contributed by atoms with Gasteiger partial charge in [0.15, 0.2) is 6.23 Å². The van der Waals surface area contributed by atoms with Crippen LogP contribution in [0.3, 0.4) is 0 Å². The lowest BCUT2D eigenvalue weighted by molar-refractivity contribution is 0.138. The summed E-state index contributed by atoms with van der Waals surface area (Å²) in [4.78, 5) is 0. The molecule has 2 aromatic carbocycles. The molecule has 2 aliphatic rings. The Labute approximate surface area is 125 Å². The van der Waals surface area contributed by atoms with Crippen LogP contribution in [0.2, 0.25) is 0 Å². The molecule has 2 aliphatic heterocycles. The molecule has 0 saturated carbocycles. The van der Waals surface area contributed by atoms with Crippen molar-refractivity contribution in [2.75, 3.05) is 5.32 Å². The fourth-order valence-corrected chi connectivity index (χ4v) is 3.02. The summed E-state index contributed by atoms with van der Waals surface area (Å²) in [6.07, 6.45) is -0.450. The fraction of sp³-hybridized carbons (Fsp3) is 0.188. The Bertz CT molecular complexity index is 774. The Morgan fingerprint density at radius 1 is 1.09 bits per heavy atom. The maximum absolute atomic E-state index is 13.8. The number of hydrogen-bond acceptors (Lipinski definition) is 4. The van der Waals surface area contributed by atoms with E-state index in [1.165, 1.54) is 24.3 Å². The van der Waals surface area contributed by atoms with E-state index in [0.29, 0.717) is 17.7 Å². The van der Waals surface area contributed by atoms with Crippen LogP contribution in [-0.2, 0) is 0 Å². The Hall–Kier alpha value is -2.47. The average Bonchev–Trinajstić information content (AvgIpc) is 2.51. The Balaban J connectivity index is 1.79. The molecule has 2 atom stereocenters. The van der Waals surface area contributed by atoms with Crippen molar-refractivity contribution in [1.29, 1.82) is 0 Å². The van der Waals surface area contributed by atoms with Gasteiger partial charge < -0.3 is 10.4 Å². The van der Waals surface area contributed by atoms with Crippen molar-refractivity contribution < 1.29 is 13.9 Å². The number of rotatable bonds is 1. The number of aliphatic hydroxyl groups excluding tert-OH is 1. The van der Waals surface area contributed by atoms with Crippen LogP contribution in [-0.4, -0.2) is 10.8 Å². The summed E-state index contributed by atoms with van der Waals surface area (Å²) >= 11 is 0. The highest BCUT2D eigenvalue weighted by Crippen LogP contribution is 2.38. The van der Waals surface area contributed by atoms with Gasteiger partial charge in [-0.2, -0.15) is 5.10 Å². The second kappa shape index (κ2) is 4.78. The number of nitrogens with zero attached hydrogens (tertiary/aromatic N) is 1. The molecular formula is C16H13F2N3O. The third kappa shape index (κ3) is 2.03. The van der Waals surface area contributed by atoms with E-state index in [-0.39, 0.29) is 11.9 Å². The summed E-state index contributed by atoms with van der Waals surface area (Å²) in [6.45, 7) is 0. The molecule has 0 aromatic heterocycles. The molecule has 3 N–H and O–H groups in total. The molecule has 4 rings (SSSR count). The molecule has 0 aliphatic carbocycles. The zero-order valence-electron chi connectivity index (χ0n) is 11.5. The van der Waals surface area contributed by atoms with E-state index >= 15 is 0 Å². The number of hydrazone groups is 1. The quantitative estimate of drug-likeness (QED) is 0.759. The van der Waals surface area contributed by atoms with Crippen LogP contribution in [0, 0.1) is 11.6 Å². The smallest absolute Gasteiger partial charge is 0.166 e. The van der Waals surface area contributed by atoms with Gasteiger partial charge in [-0.25, -0.2) is 8.78 Å². The number of nitrogens with one attached hydrogen (secondary N) is 2. The zero-order chi connectivity index (χ0) is 15.3. The van der Waals surface area contributed by atoms with Crippen molar-refractivity contribution in [3.8, 4) is 0 Å². The summed E-state index contributed by atoms with van der Waals surface area (Å²) in [5.74, 6) is -0.726. The summed E-state index contributed by atoms with van der Waals surface area (Å²) in [5, 5.41) is 17.3. The number of aliphatic hydroxyl groups is 1. The lowest BCUT2D eigenvalue weighted by Crippen LogP contribution is -2.32. The van der Waals surface area contributed by atoms with Crippen molar-refractivity contribution in [2.45, 2.75) is 18.7 Å². The second-order valence-electron chi connectivity index (χ2n) is 5.46. The second-order valence-corrected chi connectivity index (χ2v) is 5.46. The molecule has 6 heteroatoms. The molecule has 0 amide bonds. The molecule has 112 valence electrons. The van der Waals surface area contributed by atoms with Crippen molar-refractivity contribution in [2.24, 2.45) is 5.10 Å². The maximum atomic E-state index is 13.8. The SMILES string of the molecule is OC1NN=C2C[C@@H](c3ccc(F)cc3)Nc3cc(F)cc1c32. The van der Waals surface area contributed by atoms with E-state index in [2.05, 4.69) is 15.8 Å². The van der Waals surface area contributed by atoms with Crippen LogP contribution in [0.4, 0.5) is 14.5 Å². The van der Waals surface area contributed by atoms with E-state index in [0.717, 1.165) is 16.8 Å². The topological polar surface area (TPSA) is 56.6 Å². The van der Waals surface area contributed by atoms with Crippen LogP contribution in [0.5, 0.6) is 0 Å². The predicted molar refractivity (Wildman–Crippen MR) is 78.4 cm³/mol. The number of benzene rings is 2. The summed E-state index contributed by atoms with van der Waals surface area (Å²) < 4.78 is 26.8. The third-order valence-electron chi connectivity index (χ3n) is 4.04. The number of anilines is 1. The van der Waals surface area contributed by atoms with Gasteiger partial charge in [-0.05, 0) is 29.8 Å². The molecular weight excluding hydrogens is 288 g/mol. The number of hydrogen-bond donors (Lipinski definition) is 3. The molecule has 1 unspecified atom stereocenters. The van der Waals surface area contributed by atoms with Gasteiger partial charge in [-0.3, -0.25) is 5.43 Å². The van der Waals surface area contributed by atoms with Gasteiger partial charge in [-0.15, -0.1) is 0 Å². The van der Waals surface area contributed by atoms with Crippen LogP contribution < -0.4 is 10.7 Å². The highest BCUT2D eigenvalue weighted by atomic mass is 19.1. The zero-order valence-corrected chi connectivity index (χ0v) is 11.5. The van der Waals surface area contributed by atoms with E-state index in [1.54, 1.807) is 12.1 Å². The minimum Gasteiger partial charge on any atom is -0.377 e. The highest BCUT2D eigenvalue weighted by Gasteiger charge is 2.31. The monoisotopic (exact) mass is 301 g/mol. The highest BCUT2D eigenvalue weighted by molar-refractivity contribution is 6.09. The standard InChI is InChI=1S/C16H13F2N3O/c17-9-3-1-8(2-4-9)12-7-14-15-11(16(22)21-20-14)5-10(18)6-13(15)19-12/h1-6,12,16,19,21-22H,7H2/t12-,16?/m0/s1. The molecule has 2 heterocycles. The summed E-state index contributed by atoms with van der Waals surface area (Å²) in [6, 6.07) is 8.77. The van der Waals surface area contributed by atoms with Crippen LogP contribution in [0.1, 0.15) is 35.4 Å². The Kier molecular flexibility index (Phi) is 2.87. The normalized spacial score (nSPS) is 22.2. The molecule has 0 radical (unpaired) electrons. The minimum absolute atomic E-state index is 0.126. The molecule has 2 aromatic rings. The Morgan fingerprint density at radius 2 is 1.86 bits per heavy atom. The molecule has 22 heavy (non-hydrogen) atoms. The molecule has 0 bridgehead atoms. The largest absolute Gasteiger partial charge is 0.377 e. The van der Waals surface area contributed by atoms with E-state index in [1.807, 2.05) is 0 Å². The maximum Gasteiger partial charge on any atom is 0.166 e. The first kappa shape index (κ1) is 13.2. The minimum atomic E-state index is -1.02. The van der Waals surface area contributed by atoms with Crippen LogP contribution in [0.15, 0.2) is 41.5 Å².